The molecule has 0 amide bonds. The third kappa shape index (κ3) is 3.19. The highest BCUT2D eigenvalue weighted by molar-refractivity contribution is 5.94. The predicted molar refractivity (Wildman–Crippen MR) is 115 cm³/mol. The number of nitrogens with one attached hydrogen (secondary N) is 1. The quantitative estimate of drug-likeness (QED) is 0.574. The standard InChI is InChI=1S/C24H25N3/c1-2-9-22-19(6-1)7-5-11-24(22)27-16-14-26(15-17-27)13-12-20-18-25-23-10-4-3-8-21(20)23/h1-11,18,25H,12-17H2. The van der Waals surface area contributed by atoms with Crippen LogP contribution in [0.25, 0.3) is 21.7 Å². The Kier molecular flexibility index (Phi) is 4.30. The van der Waals surface area contributed by atoms with Gasteiger partial charge < -0.3 is 9.88 Å². The number of aromatic nitrogens is 1. The van der Waals surface area contributed by atoms with Gasteiger partial charge in [0.2, 0.25) is 0 Å². The van der Waals surface area contributed by atoms with Gasteiger partial charge in [-0.3, -0.25) is 4.90 Å². The largest absolute Gasteiger partial charge is 0.368 e. The van der Waals surface area contributed by atoms with E-state index in [0.717, 1.165) is 39.1 Å². The molecular weight excluding hydrogens is 330 g/mol. The average molecular weight is 355 g/mol. The first-order valence-corrected chi connectivity index (χ1v) is 9.88. The average Bonchev–Trinajstić information content (AvgIpc) is 3.15. The van der Waals surface area contributed by atoms with Gasteiger partial charge in [-0.15, -0.1) is 0 Å². The summed E-state index contributed by atoms with van der Waals surface area (Å²) in [7, 11) is 0. The van der Waals surface area contributed by atoms with Crippen molar-refractivity contribution in [3.8, 4) is 0 Å². The number of benzene rings is 3. The van der Waals surface area contributed by atoms with Gasteiger partial charge in [-0.1, -0.05) is 54.6 Å². The van der Waals surface area contributed by atoms with E-state index < -0.39 is 0 Å². The lowest BCUT2D eigenvalue weighted by Crippen LogP contribution is -2.47. The van der Waals surface area contributed by atoms with E-state index in [0.29, 0.717) is 0 Å². The Labute approximate surface area is 160 Å². The number of anilines is 1. The highest BCUT2D eigenvalue weighted by Gasteiger charge is 2.18. The van der Waals surface area contributed by atoms with Gasteiger partial charge in [-0.25, -0.2) is 0 Å². The maximum atomic E-state index is 3.39. The van der Waals surface area contributed by atoms with Crippen LogP contribution in [0.4, 0.5) is 5.69 Å². The molecule has 0 radical (unpaired) electrons. The molecule has 0 aliphatic carbocycles. The van der Waals surface area contributed by atoms with E-state index in [9.17, 15) is 0 Å². The molecule has 1 saturated heterocycles. The molecule has 0 unspecified atom stereocenters. The van der Waals surface area contributed by atoms with Crippen LogP contribution in [0, 0.1) is 0 Å². The molecule has 2 heterocycles. The van der Waals surface area contributed by atoms with Crippen LogP contribution >= 0.6 is 0 Å². The van der Waals surface area contributed by atoms with Crippen LogP contribution in [0.15, 0.2) is 72.9 Å². The van der Waals surface area contributed by atoms with Gasteiger partial charge in [0.15, 0.2) is 0 Å². The second-order valence-electron chi connectivity index (χ2n) is 7.44. The van der Waals surface area contributed by atoms with Gasteiger partial charge in [0.25, 0.3) is 0 Å². The zero-order valence-electron chi connectivity index (χ0n) is 15.6. The van der Waals surface area contributed by atoms with Crippen LogP contribution < -0.4 is 4.90 Å². The van der Waals surface area contributed by atoms with Crippen molar-refractivity contribution in [1.29, 1.82) is 0 Å². The molecule has 0 spiro atoms. The zero-order chi connectivity index (χ0) is 18.1. The topological polar surface area (TPSA) is 22.3 Å². The normalized spacial score (nSPS) is 15.6. The van der Waals surface area contributed by atoms with Crippen LogP contribution in [-0.2, 0) is 6.42 Å². The zero-order valence-corrected chi connectivity index (χ0v) is 15.6. The number of piperazine rings is 1. The summed E-state index contributed by atoms with van der Waals surface area (Å²) < 4.78 is 0. The van der Waals surface area contributed by atoms with Crippen molar-refractivity contribution in [2.75, 3.05) is 37.6 Å². The molecule has 3 aromatic carbocycles. The first-order valence-electron chi connectivity index (χ1n) is 9.88. The van der Waals surface area contributed by atoms with Crippen LogP contribution in [0.3, 0.4) is 0 Å². The number of H-pyrrole nitrogens is 1. The van der Waals surface area contributed by atoms with Gasteiger partial charge in [0.1, 0.15) is 0 Å². The number of nitrogens with zero attached hydrogens (tertiary/aromatic N) is 2. The van der Waals surface area contributed by atoms with E-state index in [4.69, 9.17) is 0 Å². The van der Waals surface area contributed by atoms with Crippen molar-refractivity contribution in [1.82, 2.24) is 9.88 Å². The Morgan fingerprint density at radius 2 is 1.48 bits per heavy atom. The highest BCUT2D eigenvalue weighted by atomic mass is 15.3. The third-order valence-corrected chi connectivity index (χ3v) is 5.85. The summed E-state index contributed by atoms with van der Waals surface area (Å²) in [6.07, 6.45) is 3.29. The lowest BCUT2D eigenvalue weighted by molar-refractivity contribution is 0.261. The molecule has 5 rings (SSSR count). The lowest BCUT2D eigenvalue weighted by Gasteiger charge is -2.36. The fraction of sp³-hybridized carbons (Fsp3) is 0.250. The van der Waals surface area contributed by atoms with E-state index in [2.05, 4.69) is 87.7 Å². The predicted octanol–water partition coefficient (Wildman–Crippen LogP) is 4.69. The van der Waals surface area contributed by atoms with Crippen LogP contribution in [-0.4, -0.2) is 42.6 Å². The van der Waals surface area contributed by atoms with Crippen molar-refractivity contribution in [2.45, 2.75) is 6.42 Å². The smallest absolute Gasteiger partial charge is 0.0456 e. The Bertz CT molecular complexity index is 1050. The van der Waals surface area contributed by atoms with Gasteiger partial charge in [-0.2, -0.15) is 0 Å². The molecule has 27 heavy (non-hydrogen) atoms. The molecule has 3 nitrogen and oxygen atoms in total. The summed E-state index contributed by atoms with van der Waals surface area (Å²) in [4.78, 5) is 8.54. The van der Waals surface area contributed by atoms with E-state index in [-0.39, 0.29) is 0 Å². The second-order valence-corrected chi connectivity index (χ2v) is 7.44. The minimum Gasteiger partial charge on any atom is -0.368 e. The van der Waals surface area contributed by atoms with Crippen molar-refractivity contribution >= 4 is 27.4 Å². The number of para-hydroxylation sites is 1. The molecular formula is C24H25N3. The maximum absolute atomic E-state index is 3.39. The number of hydrogen-bond acceptors (Lipinski definition) is 2. The fourth-order valence-electron chi connectivity index (χ4n) is 4.31. The minimum absolute atomic E-state index is 1.10. The van der Waals surface area contributed by atoms with Crippen molar-refractivity contribution in [3.63, 3.8) is 0 Å². The summed E-state index contributed by atoms with van der Waals surface area (Å²) in [5.74, 6) is 0. The second kappa shape index (κ2) is 7.09. The molecule has 4 aromatic rings. The van der Waals surface area contributed by atoms with Crippen molar-refractivity contribution in [2.24, 2.45) is 0 Å². The molecule has 0 saturated carbocycles. The van der Waals surface area contributed by atoms with E-state index in [1.54, 1.807) is 0 Å². The summed E-state index contributed by atoms with van der Waals surface area (Å²) in [5.41, 5.74) is 4.06. The maximum Gasteiger partial charge on any atom is 0.0456 e. The van der Waals surface area contributed by atoms with E-state index in [1.165, 1.54) is 32.9 Å². The van der Waals surface area contributed by atoms with Crippen molar-refractivity contribution in [3.05, 3.63) is 78.5 Å². The number of rotatable bonds is 4. The Morgan fingerprint density at radius 1 is 0.741 bits per heavy atom. The number of hydrogen-bond donors (Lipinski definition) is 1. The van der Waals surface area contributed by atoms with E-state index >= 15 is 0 Å². The monoisotopic (exact) mass is 355 g/mol. The molecule has 0 atom stereocenters. The summed E-state index contributed by atoms with van der Waals surface area (Å²) in [6.45, 7) is 5.59. The minimum atomic E-state index is 1.10. The summed E-state index contributed by atoms with van der Waals surface area (Å²) in [6, 6.07) is 24.0. The lowest BCUT2D eigenvalue weighted by atomic mass is 10.1. The summed E-state index contributed by atoms with van der Waals surface area (Å²) >= 11 is 0. The number of fused-ring (bicyclic) bond motifs is 2. The molecule has 1 aliphatic heterocycles. The van der Waals surface area contributed by atoms with Crippen LogP contribution in [0.1, 0.15) is 5.56 Å². The molecule has 3 heteroatoms. The molecule has 0 bridgehead atoms. The number of aromatic amines is 1. The van der Waals surface area contributed by atoms with Crippen molar-refractivity contribution < 1.29 is 0 Å². The highest BCUT2D eigenvalue weighted by Crippen LogP contribution is 2.27. The molecule has 136 valence electrons. The molecule has 1 fully saturated rings. The Hall–Kier alpha value is -2.78. The van der Waals surface area contributed by atoms with Gasteiger partial charge in [0, 0.05) is 60.9 Å². The SMILES string of the molecule is c1ccc2c(N3CCN(CCc4c[nH]c5ccccc45)CC3)cccc2c1. The van der Waals surface area contributed by atoms with Crippen LogP contribution in [0.2, 0.25) is 0 Å². The molecule has 1 N–H and O–H groups in total. The van der Waals surface area contributed by atoms with Crippen LogP contribution in [0.5, 0.6) is 0 Å². The Morgan fingerprint density at radius 3 is 2.37 bits per heavy atom. The fourth-order valence-corrected chi connectivity index (χ4v) is 4.31. The van der Waals surface area contributed by atoms with Gasteiger partial charge >= 0.3 is 0 Å². The van der Waals surface area contributed by atoms with Gasteiger partial charge in [-0.05, 0) is 29.5 Å². The van der Waals surface area contributed by atoms with E-state index in [1.807, 2.05) is 0 Å². The third-order valence-electron chi connectivity index (χ3n) is 5.85. The molecule has 1 aromatic heterocycles. The molecule has 1 aliphatic rings. The first kappa shape index (κ1) is 16.4. The first-order chi connectivity index (χ1) is 13.4. The Balaban J connectivity index is 1.24. The summed E-state index contributed by atoms with van der Waals surface area (Å²) in [5, 5.41) is 4.07. The van der Waals surface area contributed by atoms with Gasteiger partial charge in [0.05, 0.1) is 0 Å².